The first-order chi connectivity index (χ1) is 11.4. The number of ether oxygens (including phenoxy) is 2. The van der Waals surface area contributed by atoms with Crippen LogP contribution in [0.2, 0.25) is 0 Å². The molecule has 2 heterocycles. The fraction of sp³-hybridized carbons (Fsp3) is 0.250. The summed E-state index contributed by atoms with van der Waals surface area (Å²) in [6.45, 7) is 1.45. The van der Waals surface area contributed by atoms with Crippen molar-refractivity contribution in [3.63, 3.8) is 0 Å². The third kappa shape index (κ3) is 3.89. The quantitative estimate of drug-likeness (QED) is 0.640. The lowest BCUT2D eigenvalue weighted by molar-refractivity contribution is 0.146. The number of para-hydroxylation sites is 2. The minimum absolute atomic E-state index is 0.423. The van der Waals surface area contributed by atoms with Gasteiger partial charge in [0.1, 0.15) is 18.6 Å². The van der Waals surface area contributed by atoms with E-state index in [0.29, 0.717) is 31.5 Å². The Morgan fingerprint density at radius 1 is 1.17 bits per heavy atom. The van der Waals surface area contributed by atoms with Crippen LogP contribution in [0, 0.1) is 0 Å². The average molecular weight is 315 g/mol. The van der Waals surface area contributed by atoms with Crippen molar-refractivity contribution in [2.24, 2.45) is 0 Å². The van der Waals surface area contributed by atoms with Crippen molar-refractivity contribution in [2.45, 2.75) is 6.54 Å². The largest absolute Gasteiger partial charge is 0.489 e. The van der Waals surface area contributed by atoms with E-state index >= 15 is 0 Å². The van der Waals surface area contributed by atoms with Crippen molar-refractivity contribution >= 4 is 5.69 Å². The van der Waals surface area contributed by atoms with E-state index in [1.54, 1.807) is 25.7 Å². The van der Waals surface area contributed by atoms with Gasteiger partial charge in [-0.2, -0.15) is 4.98 Å². The minimum Gasteiger partial charge on any atom is -0.489 e. The standard InChI is InChI=1S/C16H17N3O4/c1-20-8-9-22-14-5-3-2-4-13(14)17-10-15-18-16(23-19-15)12-6-7-21-11-12/h2-7,11,17H,8-10H2,1H3. The van der Waals surface area contributed by atoms with Gasteiger partial charge in [0.15, 0.2) is 5.82 Å². The summed E-state index contributed by atoms with van der Waals surface area (Å²) >= 11 is 0. The van der Waals surface area contributed by atoms with Crippen LogP contribution in [0.5, 0.6) is 5.75 Å². The van der Waals surface area contributed by atoms with Crippen LogP contribution in [-0.2, 0) is 11.3 Å². The molecule has 7 nitrogen and oxygen atoms in total. The molecule has 0 fully saturated rings. The first kappa shape index (κ1) is 15.1. The normalized spacial score (nSPS) is 10.7. The monoisotopic (exact) mass is 315 g/mol. The highest BCUT2D eigenvalue weighted by Gasteiger charge is 2.10. The van der Waals surface area contributed by atoms with Gasteiger partial charge >= 0.3 is 0 Å². The van der Waals surface area contributed by atoms with Crippen LogP contribution in [0.25, 0.3) is 11.5 Å². The number of furan rings is 1. The molecule has 0 radical (unpaired) electrons. The molecule has 0 atom stereocenters. The molecule has 3 rings (SSSR count). The maximum absolute atomic E-state index is 5.67. The Morgan fingerprint density at radius 2 is 2.09 bits per heavy atom. The molecule has 0 saturated heterocycles. The molecule has 0 amide bonds. The molecule has 2 aromatic heterocycles. The number of methoxy groups -OCH3 is 1. The van der Waals surface area contributed by atoms with Crippen LogP contribution in [0.4, 0.5) is 5.69 Å². The van der Waals surface area contributed by atoms with E-state index in [2.05, 4.69) is 15.5 Å². The Labute approximate surface area is 133 Å². The molecule has 1 aromatic carbocycles. The maximum atomic E-state index is 5.67. The van der Waals surface area contributed by atoms with Gasteiger partial charge in [-0.3, -0.25) is 0 Å². The van der Waals surface area contributed by atoms with Gasteiger partial charge in [0.25, 0.3) is 5.89 Å². The summed E-state index contributed by atoms with van der Waals surface area (Å²) in [6, 6.07) is 9.44. The second-order valence-corrected chi connectivity index (χ2v) is 4.72. The van der Waals surface area contributed by atoms with E-state index in [9.17, 15) is 0 Å². The lowest BCUT2D eigenvalue weighted by Gasteiger charge is -2.11. The molecule has 0 unspecified atom stereocenters. The molecule has 23 heavy (non-hydrogen) atoms. The highest BCUT2D eigenvalue weighted by atomic mass is 16.5. The molecule has 0 aliphatic heterocycles. The summed E-state index contributed by atoms with van der Waals surface area (Å²) in [7, 11) is 1.64. The number of hydrogen-bond acceptors (Lipinski definition) is 7. The number of aromatic nitrogens is 2. The molecule has 0 saturated carbocycles. The van der Waals surface area contributed by atoms with Crippen molar-refractivity contribution in [3.8, 4) is 17.2 Å². The Balaban J connectivity index is 1.62. The van der Waals surface area contributed by atoms with Gasteiger partial charge in [-0.1, -0.05) is 17.3 Å². The van der Waals surface area contributed by atoms with Crippen LogP contribution < -0.4 is 10.1 Å². The predicted molar refractivity (Wildman–Crippen MR) is 83.1 cm³/mol. The second-order valence-electron chi connectivity index (χ2n) is 4.72. The minimum atomic E-state index is 0.423. The van der Waals surface area contributed by atoms with Crippen LogP contribution >= 0.6 is 0 Å². The van der Waals surface area contributed by atoms with E-state index in [4.69, 9.17) is 18.4 Å². The lowest BCUT2D eigenvalue weighted by Crippen LogP contribution is -2.07. The molecule has 0 aliphatic carbocycles. The van der Waals surface area contributed by atoms with E-state index in [-0.39, 0.29) is 0 Å². The molecular formula is C16H17N3O4. The fourth-order valence-electron chi connectivity index (χ4n) is 1.98. The Bertz CT molecular complexity index is 725. The van der Waals surface area contributed by atoms with Crippen LogP contribution in [-0.4, -0.2) is 30.5 Å². The van der Waals surface area contributed by atoms with E-state index < -0.39 is 0 Å². The summed E-state index contributed by atoms with van der Waals surface area (Å²) < 4.78 is 20.8. The third-order valence-electron chi connectivity index (χ3n) is 3.11. The number of rotatable bonds is 8. The summed E-state index contributed by atoms with van der Waals surface area (Å²) in [6.07, 6.45) is 3.12. The molecule has 120 valence electrons. The van der Waals surface area contributed by atoms with Crippen molar-refractivity contribution < 1.29 is 18.4 Å². The van der Waals surface area contributed by atoms with Gasteiger partial charge in [-0.05, 0) is 18.2 Å². The smallest absolute Gasteiger partial charge is 0.261 e. The summed E-state index contributed by atoms with van der Waals surface area (Å²) in [5.41, 5.74) is 1.62. The summed E-state index contributed by atoms with van der Waals surface area (Å²) in [5, 5.41) is 7.18. The zero-order chi connectivity index (χ0) is 15.9. The van der Waals surface area contributed by atoms with Crippen molar-refractivity contribution in [3.05, 3.63) is 48.7 Å². The zero-order valence-corrected chi connectivity index (χ0v) is 12.7. The van der Waals surface area contributed by atoms with Gasteiger partial charge in [0, 0.05) is 7.11 Å². The van der Waals surface area contributed by atoms with Crippen LogP contribution in [0.3, 0.4) is 0 Å². The highest BCUT2D eigenvalue weighted by Crippen LogP contribution is 2.24. The maximum Gasteiger partial charge on any atom is 0.261 e. The first-order valence-electron chi connectivity index (χ1n) is 7.16. The molecule has 0 aliphatic rings. The number of anilines is 1. The molecule has 0 bridgehead atoms. The average Bonchev–Trinajstić information content (AvgIpc) is 3.25. The Morgan fingerprint density at radius 3 is 2.91 bits per heavy atom. The van der Waals surface area contributed by atoms with Gasteiger partial charge in [0.2, 0.25) is 0 Å². The zero-order valence-electron chi connectivity index (χ0n) is 12.7. The third-order valence-corrected chi connectivity index (χ3v) is 3.11. The Hall–Kier alpha value is -2.80. The number of hydrogen-bond donors (Lipinski definition) is 1. The fourth-order valence-corrected chi connectivity index (χ4v) is 1.98. The van der Waals surface area contributed by atoms with Gasteiger partial charge in [0.05, 0.1) is 30.7 Å². The number of benzene rings is 1. The summed E-state index contributed by atoms with van der Waals surface area (Å²) in [4.78, 5) is 4.31. The SMILES string of the molecule is COCCOc1ccccc1NCc1noc(-c2ccoc2)n1. The Kier molecular flexibility index (Phi) is 4.90. The van der Waals surface area contributed by atoms with Crippen LogP contribution in [0.15, 0.2) is 51.8 Å². The van der Waals surface area contributed by atoms with E-state index in [1.165, 1.54) is 0 Å². The molecular weight excluding hydrogens is 298 g/mol. The highest BCUT2D eigenvalue weighted by molar-refractivity contribution is 5.56. The van der Waals surface area contributed by atoms with E-state index in [1.807, 2.05) is 24.3 Å². The number of nitrogens with one attached hydrogen (secondary N) is 1. The van der Waals surface area contributed by atoms with Gasteiger partial charge < -0.3 is 23.7 Å². The molecule has 1 N–H and O–H groups in total. The van der Waals surface area contributed by atoms with E-state index in [0.717, 1.165) is 17.0 Å². The van der Waals surface area contributed by atoms with Gasteiger partial charge in [-0.15, -0.1) is 0 Å². The molecule has 0 spiro atoms. The molecule has 3 aromatic rings. The second kappa shape index (κ2) is 7.46. The van der Waals surface area contributed by atoms with Crippen molar-refractivity contribution in [2.75, 3.05) is 25.6 Å². The summed E-state index contributed by atoms with van der Waals surface area (Å²) in [5.74, 6) is 1.73. The topological polar surface area (TPSA) is 82.5 Å². The molecule has 7 heteroatoms. The van der Waals surface area contributed by atoms with Crippen molar-refractivity contribution in [1.82, 2.24) is 10.1 Å². The van der Waals surface area contributed by atoms with Gasteiger partial charge in [-0.25, -0.2) is 0 Å². The first-order valence-corrected chi connectivity index (χ1v) is 7.16. The van der Waals surface area contributed by atoms with Crippen LogP contribution in [0.1, 0.15) is 5.82 Å². The van der Waals surface area contributed by atoms with Crippen molar-refractivity contribution in [1.29, 1.82) is 0 Å². The number of nitrogens with zero attached hydrogens (tertiary/aromatic N) is 2. The lowest BCUT2D eigenvalue weighted by atomic mass is 10.3. The predicted octanol–water partition coefficient (Wildman–Crippen LogP) is 2.97.